The highest BCUT2D eigenvalue weighted by Crippen LogP contribution is 2.24. The highest BCUT2D eigenvalue weighted by molar-refractivity contribution is 7.90. The molecule has 0 spiro atoms. The molecule has 0 saturated heterocycles. The standard InChI is InChI=1S/C10H23NO3S/c1-5-10(6-2,8-12)7-11-15(13,14)9(3)4/h9,11-12H,5-8H2,1-4H3. The number of aliphatic hydroxyl groups is 1. The van der Waals surface area contributed by atoms with Crippen LogP contribution in [0.4, 0.5) is 0 Å². The third-order valence-electron chi connectivity index (χ3n) is 3.10. The van der Waals surface area contributed by atoms with Crippen LogP contribution in [0, 0.1) is 5.41 Å². The van der Waals surface area contributed by atoms with Crippen molar-refractivity contribution in [1.82, 2.24) is 4.72 Å². The lowest BCUT2D eigenvalue weighted by Gasteiger charge is -2.29. The molecular formula is C10H23NO3S. The molecule has 0 aliphatic carbocycles. The Hall–Kier alpha value is -0.130. The van der Waals surface area contributed by atoms with Crippen molar-refractivity contribution in [2.45, 2.75) is 45.8 Å². The maximum absolute atomic E-state index is 11.5. The van der Waals surface area contributed by atoms with Crippen molar-refractivity contribution >= 4 is 10.0 Å². The summed E-state index contributed by atoms with van der Waals surface area (Å²) in [6.45, 7) is 7.53. The summed E-state index contributed by atoms with van der Waals surface area (Å²) in [6.07, 6.45) is 1.53. The van der Waals surface area contributed by atoms with Gasteiger partial charge < -0.3 is 5.11 Å². The molecule has 0 aliphatic heterocycles. The lowest BCUT2D eigenvalue weighted by molar-refractivity contribution is 0.119. The summed E-state index contributed by atoms with van der Waals surface area (Å²) in [6, 6.07) is 0. The first-order chi connectivity index (χ1) is 6.83. The van der Waals surface area contributed by atoms with Crippen LogP contribution in [0.1, 0.15) is 40.5 Å². The fraction of sp³-hybridized carbons (Fsp3) is 1.00. The second kappa shape index (κ2) is 5.82. The topological polar surface area (TPSA) is 66.4 Å². The van der Waals surface area contributed by atoms with E-state index >= 15 is 0 Å². The number of sulfonamides is 1. The van der Waals surface area contributed by atoms with Crippen LogP contribution in [-0.4, -0.2) is 31.9 Å². The molecular weight excluding hydrogens is 214 g/mol. The van der Waals surface area contributed by atoms with Gasteiger partial charge in [0.25, 0.3) is 0 Å². The van der Waals surface area contributed by atoms with E-state index in [0.29, 0.717) is 6.54 Å². The van der Waals surface area contributed by atoms with Gasteiger partial charge in [0, 0.05) is 18.6 Å². The summed E-state index contributed by atoms with van der Waals surface area (Å²) in [7, 11) is -3.22. The molecule has 4 nitrogen and oxygen atoms in total. The lowest BCUT2D eigenvalue weighted by atomic mass is 9.84. The predicted molar refractivity (Wildman–Crippen MR) is 62.2 cm³/mol. The van der Waals surface area contributed by atoms with E-state index in [-0.39, 0.29) is 12.0 Å². The van der Waals surface area contributed by atoms with E-state index in [0.717, 1.165) is 12.8 Å². The average Bonchev–Trinajstić information content (AvgIpc) is 2.20. The van der Waals surface area contributed by atoms with Crippen LogP contribution in [0.3, 0.4) is 0 Å². The minimum Gasteiger partial charge on any atom is -0.396 e. The monoisotopic (exact) mass is 237 g/mol. The Morgan fingerprint density at radius 1 is 1.27 bits per heavy atom. The van der Waals surface area contributed by atoms with Gasteiger partial charge in [-0.15, -0.1) is 0 Å². The molecule has 2 N–H and O–H groups in total. The zero-order valence-electron chi connectivity index (χ0n) is 10.1. The first-order valence-electron chi connectivity index (χ1n) is 5.43. The van der Waals surface area contributed by atoms with Crippen LogP contribution < -0.4 is 4.72 Å². The van der Waals surface area contributed by atoms with Gasteiger partial charge >= 0.3 is 0 Å². The molecule has 0 aromatic heterocycles. The van der Waals surface area contributed by atoms with Gasteiger partial charge in [0.1, 0.15) is 0 Å². The first kappa shape index (κ1) is 14.9. The lowest BCUT2D eigenvalue weighted by Crippen LogP contribution is -2.41. The maximum Gasteiger partial charge on any atom is 0.213 e. The Bertz CT molecular complexity index is 260. The SMILES string of the molecule is CCC(CC)(CO)CNS(=O)(=O)C(C)C. The van der Waals surface area contributed by atoms with E-state index in [1.807, 2.05) is 13.8 Å². The van der Waals surface area contributed by atoms with Crippen LogP contribution in [0.5, 0.6) is 0 Å². The zero-order valence-corrected chi connectivity index (χ0v) is 10.9. The summed E-state index contributed by atoms with van der Waals surface area (Å²) in [5, 5.41) is 8.85. The van der Waals surface area contributed by atoms with Crippen LogP contribution >= 0.6 is 0 Å². The predicted octanol–water partition coefficient (Wildman–Crippen LogP) is 1.11. The van der Waals surface area contributed by atoms with Crippen molar-refractivity contribution in [2.24, 2.45) is 5.41 Å². The van der Waals surface area contributed by atoms with E-state index in [1.54, 1.807) is 13.8 Å². The van der Waals surface area contributed by atoms with Gasteiger partial charge in [0.05, 0.1) is 5.25 Å². The molecule has 0 fully saturated rings. The smallest absolute Gasteiger partial charge is 0.213 e. The van der Waals surface area contributed by atoms with E-state index in [2.05, 4.69) is 4.72 Å². The molecule has 0 aliphatic rings. The van der Waals surface area contributed by atoms with Crippen molar-refractivity contribution in [2.75, 3.05) is 13.2 Å². The third kappa shape index (κ3) is 4.09. The summed E-state index contributed by atoms with van der Waals surface area (Å²) in [5.74, 6) is 0. The van der Waals surface area contributed by atoms with Crippen molar-refractivity contribution in [1.29, 1.82) is 0 Å². The Balaban J connectivity index is 4.48. The summed E-state index contributed by atoms with van der Waals surface area (Å²) >= 11 is 0. The van der Waals surface area contributed by atoms with Crippen molar-refractivity contribution in [3.63, 3.8) is 0 Å². The molecule has 0 rings (SSSR count). The molecule has 0 radical (unpaired) electrons. The Labute approximate surface area is 93.1 Å². The zero-order chi connectivity index (χ0) is 12.1. The van der Waals surface area contributed by atoms with Crippen LogP contribution in [-0.2, 0) is 10.0 Å². The molecule has 92 valence electrons. The average molecular weight is 237 g/mol. The molecule has 5 heteroatoms. The van der Waals surface area contributed by atoms with Gasteiger partial charge in [0.15, 0.2) is 0 Å². The molecule has 0 atom stereocenters. The molecule has 0 heterocycles. The minimum atomic E-state index is -3.22. The van der Waals surface area contributed by atoms with Gasteiger partial charge in [-0.3, -0.25) is 0 Å². The maximum atomic E-state index is 11.5. The molecule has 0 amide bonds. The molecule has 0 saturated carbocycles. The Kier molecular flexibility index (Phi) is 5.77. The molecule has 0 aromatic carbocycles. The van der Waals surface area contributed by atoms with Gasteiger partial charge in [-0.2, -0.15) is 0 Å². The van der Waals surface area contributed by atoms with Gasteiger partial charge in [-0.25, -0.2) is 13.1 Å². The second-order valence-electron chi connectivity index (χ2n) is 4.28. The Morgan fingerprint density at radius 2 is 1.73 bits per heavy atom. The molecule has 0 unspecified atom stereocenters. The fourth-order valence-corrected chi connectivity index (χ4v) is 2.04. The molecule has 0 aromatic rings. The molecule has 0 bridgehead atoms. The second-order valence-corrected chi connectivity index (χ2v) is 6.60. The fourth-order valence-electron chi connectivity index (χ4n) is 1.20. The van der Waals surface area contributed by atoms with Crippen LogP contribution in [0.25, 0.3) is 0 Å². The van der Waals surface area contributed by atoms with Crippen molar-refractivity contribution in [3.05, 3.63) is 0 Å². The Morgan fingerprint density at radius 3 is 2.00 bits per heavy atom. The summed E-state index contributed by atoms with van der Waals surface area (Å²) in [4.78, 5) is 0. The van der Waals surface area contributed by atoms with Gasteiger partial charge in [-0.05, 0) is 26.7 Å². The highest BCUT2D eigenvalue weighted by Gasteiger charge is 2.28. The van der Waals surface area contributed by atoms with Crippen LogP contribution in [0.2, 0.25) is 0 Å². The highest BCUT2D eigenvalue weighted by atomic mass is 32.2. The van der Waals surface area contributed by atoms with E-state index in [4.69, 9.17) is 0 Å². The van der Waals surface area contributed by atoms with E-state index < -0.39 is 15.3 Å². The van der Waals surface area contributed by atoms with E-state index in [9.17, 15) is 13.5 Å². The summed E-state index contributed by atoms with van der Waals surface area (Å²) < 4.78 is 25.6. The van der Waals surface area contributed by atoms with Crippen molar-refractivity contribution < 1.29 is 13.5 Å². The molecule has 15 heavy (non-hydrogen) atoms. The van der Waals surface area contributed by atoms with Gasteiger partial charge in [-0.1, -0.05) is 13.8 Å². The number of hydrogen-bond donors (Lipinski definition) is 2. The first-order valence-corrected chi connectivity index (χ1v) is 6.97. The summed E-state index contributed by atoms with van der Waals surface area (Å²) in [5.41, 5.74) is -0.317. The number of hydrogen-bond acceptors (Lipinski definition) is 3. The van der Waals surface area contributed by atoms with Crippen molar-refractivity contribution in [3.8, 4) is 0 Å². The quantitative estimate of drug-likeness (QED) is 0.697. The normalized spacial score (nSPS) is 13.5. The largest absolute Gasteiger partial charge is 0.396 e. The number of rotatable bonds is 7. The number of nitrogens with one attached hydrogen (secondary N) is 1. The minimum absolute atomic E-state index is 0.0145. The number of aliphatic hydroxyl groups excluding tert-OH is 1. The van der Waals surface area contributed by atoms with Crippen LogP contribution in [0.15, 0.2) is 0 Å². The van der Waals surface area contributed by atoms with E-state index in [1.165, 1.54) is 0 Å². The third-order valence-corrected chi connectivity index (χ3v) is 4.89. The van der Waals surface area contributed by atoms with Gasteiger partial charge in [0.2, 0.25) is 10.0 Å².